The van der Waals surface area contributed by atoms with Crippen molar-refractivity contribution in [1.29, 1.82) is 0 Å². The summed E-state index contributed by atoms with van der Waals surface area (Å²) in [5.41, 5.74) is 2.94. The van der Waals surface area contributed by atoms with Crippen molar-refractivity contribution in [2.75, 3.05) is 18.0 Å². The summed E-state index contributed by atoms with van der Waals surface area (Å²) in [5.74, 6) is -1.02. The zero-order valence-corrected chi connectivity index (χ0v) is 18.5. The molecule has 2 aromatic carbocycles. The van der Waals surface area contributed by atoms with Crippen LogP contribution in [0.3, 0.4) is 0 Å². The van der Waals surface area contributed by atoms with Crippen molar-refractivity contribution < 1.29 is 22.7 Å². The molecular weight excluding hydrogens is 428 g/mol. The average molecular weight is 453 g/mol. The summed E-state index contributed by atoms with van der Waals surface area (Å²) < 4.78 is 33.6. The van der Waals surface area contributed by atoms with E-state index in [1.165, 1.54) is 11.4 Å². The van der Waals surface area contributed by atoms with Crippen LogP contribution in [0.25, 0.3) is 11.1 Å². The lowest BCUT2D eigenvalue weighted by atomic mass is 9.88. The number of fused-ring (bicyclic) bond motifs is 3. The molecule has 2 aromatic rings. The second kappa shape index (κ2) is 9.00. The fraction of sp³-hybridized carbons (Fsp3) is 0.250. The molecule has 0 saturated carbocycles. The first-order chi connectivity index (χ1) is 15.4. The largest absolute Gasteiger partial charge is 0.468 e. The fourth-order valence-corrected chi connectivity index (χ4v) is 5.86. The van der Waals surface area contributed by atoms with Crippen LogP contribution in [0.1, 0.15) is 30.9 Å². The predicted octanol–water partition coefficient (Wildman–Crippen LogP) is 3.46. The number of methoxy groups -OCH3 is 1. The number of amides is 1. The quantitative estimate of drug-likeness (QED) is 0.678. The van der Waals surface area contributed by atoms with Gasteiger partial charge < -0.3 is 10.1 Å². The van der Waals surface area contributed by atoms with Crippen LogP contribution in [0.5, 0.6) is 0 Å². The molecule has 32 heavy (non-hydrogen) atoms. The van der Waals surface area contributed by atoms with Crippen LogP contribution < -0.4 is 9.62 Å². The van der Waals surface area contributed by atoms with Crippen molar-refractivity contribution in [2.24, 2.45) is 0 Å². The summed E-state index contributed by atoms with van der Waals surface area (Å²) in [5, 5.41) is 2.52. The topological polar surface area (TPSA) is 92.8 Å². The number of carbonyl (C=O) groups is 2. The minimum Gasteiger partial charge on any atom is -0.468 e. The zero-order valence-electron chi connectivity index (χ0n) is 17.7. The molecule has 1 aliphatic carbocycles. The first-order valence-corrected chi connectivity index (χ1v) is 11.8. The molecule has 0 saturated heterocycles. The summed E-state index contributed by atoms with van der Waals surface area (Å²) in [7, 11) is -2.70. The van der Waals surface area contributed by atoms with E-state index in [2.05, 4.69) is 10.1 Å². The number of carbonyl (C=O) groups excluding carboxylic acids is 2. The monoisotopic (exact) mass is 452 g/mol. The van der Waals surface area contributed by atoms with E-state index >= 15 is 0 Å². The summed E-state index contributed by atoms with van der Waals surface area (Å²) in [6.07, 6.45) is 6.47. The molecule has 1 amide bonds. The molecule has 1 heterocycles. The van der Waals surface area contributed by atoms with Crippen molar-refractivity contribution in [3.05, 3.63) is 77.2 Å². The number of ether oxygens (including phenoxy) is 1. The second-order valence-corrected chi connectivity index (χ2v) is 9.38. The molecule has 0 radical (unpaired) electrons. The molecule has 4 rings (SSSR count). The van der Waals surface area contributed by atoms with Crippen molar-refractivity contribution >= 4 is 27.6 Å². The lowest BCUT2D eigenvalue weighted by molar-refractivity contribution is -0.141. The number of sulfonamides is 1. The first-order valence-electron chi connectivity index (χ1n) is 10.4. The SMILES string of the molecule is COC(=O)CNC(=O)CC1c2ccccc2-c2ccccc2N1S(=O)(=O)C1=CCCC=C1. The van der Waals surface area contributed by atoms with Gasteiger partial charge in [0.1, 0.15) is 6.54 Å². The van der Waals surface area contributed by atoms with Gasteiger partial charge in [0.25, 0.3) is 10.0 Å². The van der Waals surface area contributed by atoms with E-state index < -0.39 is 27.9 Å². The summed E-state index contributed by atoms with van der Waals surface area (Å²) >= 11 is 0. The highest BCUT2D eigenvalue weighted by atomic mass is 32.2. The molecule has 1 N–H and O–H groups in total. The zero-order chi connectivity index (χ0) is 22.7. The Bertz CT molecular complexity index is 1220. The van der Waals surface area contributed by atoms with Gasteiger partial charge >= 0.3 is 5.97 Å². The van der Waals surface area contributed by atoms with Crippen LogP contribution in [-0.2, 0) is 24.3 Å². The van der Waals surface area contributed by atoms with Gasteiger partial charge in [0.05, 0.1) is 30.2 Å². The van der Waals surface area contributed by atoms with Crippen LogP contribution in [-0.4, -0.2) is 33.9 Å². The highest BCUT2D eigenvalue weighted by molar-refractivity contribution is 7.96. The number of allylic oxidation sites excluding steroid dienone is 3. The fourth-order valence-electron chi connectivity index (χ4n) is 4.10. The van der Waals surface area contributed by atoms with Gasteiger partial charge in [0, 0.05) is 5.56 Å². The maximum atomic E-state index is 13.8. The number of benzene rings is 2. The Kier molecular flexibility index (Phi) is 6.14. The molecule has 1 atom stereocenters. The van der Waals surface area contributed by atoms with Crippen molar-refractivity contribution in [2.45, 2.75) is 25.3 Å². The van der Waals surface area contributed by atoms with Crippen LogP contribution in [0.15, 0.2) is 71.7 Å². The Balaban J connectivity index is 1.81. The number of nitrogens with one attached hydrogen (secondary N) is 1. The number of anilines is 1. The van der Waals surface area contributed by atoms with Gasteiger partial charge in [-0.05, 0) is 36.1 Å². The van der Waals surface area contributed by atoms with E-state index in [0.717, 1.165) is 23.1 Å². The van der Waals surface area contributed by atoms with Crippen molar-refractivity contribution in [3.63, 3.8) is 0 Å². The Morgan fingerprint density at radius 3 is 2.50 bits per heavy atom. The van der Waals surface area contributed by atoms with E-state index in [0.29, 0.717) is 12.1 Å². The van der Waals surface area contributed by atoms with Gasteiger partial charge in [-0.1, -0.05) is 54.6 Å². The Morgan fingerprint density at radius 1 is 1.06 bits per heavy atom. The third-order valence-corrected chi connectivity index (χ3v) is 7.46. The lowest BCUT2D eigenvalue weighted by Gasteiger charge is -2.39. The van der Waals surface area contributed by atoms with Gasteiger partial charge in [-0.15, -0.1) is 0 Å². The smallest absolute Gasteiger partial charge is 0.325 e. The van der Waals surface area contributed by atoms with Crippen LogP contribution in [0.4, 0.5) is 5.69 Å². The van der Waals surface area contributed by atoms with Gasteiger partial charge in [-0.3, -0.25) is 13.9 Å². The number of hydrogen-bond donors (Lipinski definition) is 1. The highest BCUT2D eigenvalue weighted by Crippen LogP contribution is 2.48. The third kappa shape index (κ3) is 4.05. The summed E-state index contributed by atoms with van der Waals surface area (Å²) in [4.78, 5) is 24.4. The number of esters is 1. The molecule has 2 aliphatic rings. The average Bonchev–Trinajstić information content (AvgIpc) is 2.83. The third-order valence-electron chi connectivity index (χ3n) is 5.59. The minimum absolute atomic E-state index is 0.140. The number of nitrogens with zero attached hydrogens (tertiary/aromatic N) is 1. The molecule has 0 bridgehead atoms. The van der Waals surface area contributed by atoms with Crippen LogP contribution >= 0.6 is 0 Å². The van der Waals surface area contributed by atoms with E-state index in [1.807, 2.05) is 42.5 Å². The highest BCUT2D eigenvalue weighted by Gasteiger charge is 2.40. The molecule has 166 valence electrons. The van der Waals surface area contributed by atoms with E-state index in [4.69, 9.17) is 0 Å². The molecule has 1 aliphatic heterocycles. The lowest BCUT2D eigenvalue weighted by Crippen LogP contribution is -2.41. The molecule has 0 fully saturated rings. The Hall–Kier alpha value is -3.39. The summed E-state index contributed by atoms with van der Waals surface area (Å²) in [6.45, 7) is -0.277. The second-order valence-electron chi connectivity index (χ2n) is 7.56. The Morgan fingerprint density at radius 2 is 1.78 bits per heavy atom. The molecule has 8 heteroatoms. The van der Waals surface area contributed by atoms with Gasteiger partial charge in [-0.2, -0.15) is 0 Å². The first kappa shape index (κ1) is 21.8. The standard InChI is InChI=1S/C24H24N2O5S/c1-31-24(28)16-25-23(27)15-22-20-13-6-5-11-18(20)19-12-7-8-14-21(19)26(22)32(29,30)17-9-3-2-4-10-17/h3,5-14,22H,2,4,15-16H2,1H3,(H,25,27). The van der Waals surface area contributed by atoms with Crippen molar-refractivity contribution in [3.8, 4) is 11.1 Å². The van der Waals surface area contributed by atoms with E-state index in [1.54, 1.807) is 24.3 Å². The molecule has 0 aromatic heterocycles. The maximum Gasteiger partial charge on any atom is 0.325 e. The van der Waals surface area contributed by atoms with Crippen LogP contribution in [0.2, 0.25) is 0 Å². The molecule has 7 nitrogen and oxygen atoms in total. The van der Waals surface area contributed by atoms with E-state index in [9.17, 15) is 18.0 Å². The summed E-state index contributed by atoms with van der Waals surface area (Å²) in [6, 6.07) is 14.0. The minimum atomic E-state index is -3.94. The van der Waals surface area contributed by atoms with Gasteiger partial charge in [0.15, 0.2) is 0 Å². The maximum absolute atomic E-state index is 13.8. The number of para-hydroxylation sites is 1. The van der Waals surface area contributed by atoms with Crippen LogP contribution in [0, 0.1) is 0 Å². The number of hydrogen-bond acceptors (Lipinski definition) is 5. The number of rotatable bonds is 6. The normalized spacial score (nSPS) is 17.1. The Labute approximate surface area is 187 Å². The molecular formula is C24H24N2O5S. The van der Waals surface area contributed by atoms with Crippen molar-refractivity contribution in [1.82, 2.24) is 5.32 Å². The van der Waals surface area contributed by atoms with Gasteiger partial charge in [0.2, 0.25) is 5.91 Å². The molecule has 0 spiro atoms. The molecule has 1 unspecified atom stereocenters. The van der Waals surface area contributed by atoms with Gasteiger partial charge in [-0.25, -0.2) is 8.42 Å². The predicted molar refractivity (Wildman–Crippen MR) is 122 cm³/mol. The van der Waals surface area contributed by atoms with E-state index in [-0.39, 0.29) is 17.9 Å².